The average molecular weight is 954 g/mol. The molecular formula is C30H35N15Na2O15P2. The van der Waals surface area contributed by atoms with Crippen molar-refractivity contribution in [2.75, 3.05) is 37.0 Å². The van der Waals surface area contributed by atoms with E-state index in [1.54, 1.807) is 4.57 Å². The van der Waals surface area contributed by atoms with Crippen LogP contribution < -0.4 is 17.2 Å². The smallest absolute Gasteiger partial charge is 0.394 e. The Morgan fingerprint density at radius 3 is 1.41 bits per heavy atom. The molecule has 332 valence electrons. The van der Waals surface area contributed by atoms with Gasteiger partial charge in [0.05, 0.1) is 38.8 Å². The van der Waals surface area contributed by atoms with E-state index in [-0.39, 0.29) is 98.9 Å². The Kier molecular flexibility index (Phi) is 13.5. The normalized spacial score (nSPS) is 31.7. The van der Waals surface area contributed by atoms with E-state index in [9.17, 15) is 34.2 Å². The van der Waals surface area contributed by atoms with Gasteiger partial charge in [-0.3, -0.25) is 31.8 Å². The Morgan fingerprint density at radius 1 is 0.562 bits per heavy atom. The van der Waals surface area contributed by atoms with E-state index in [4.69, 9.17) is 54.2 Å². The predicted octanol–water partition coefficient (Wildman–Crippen LogP) is -3.33. The van der Waals surface area contributed by atoms with Crippen LogP contribution in [0.3, 0.4) is 0 Å². The molecule has 0 aromatic carbocycles. The zero-order valence-electron chi connectivity index (χ0n) is 33.3. The molecule has 0 saturated carbocycles. The Labute approximate surface area is 401 Å². The van der Waals surface area contributed by atoms with E-state index in [0.717, 1.165) is 12.7 Å². The Balaban J connectivity index is 0.00000280. The second-order valence-electron chi connectivity index (χ2n) is 14.3. The number of aliphatic hydroxyl groups is 3. The first kappa shape index (κ1) is 47.5. The molecule has 4 aliphatic heterocycles. The standard InChI is InChI=1S/C30H35N15O15P2.2Na/c31-22-13-25(37-4-34-22)43(7-40-13)28-19(16(47)10(1-46)55-28)59-61(49,50)53-2-11-17(48)20(29(56-11)44-8-41-14-23(32)35-5-38-26(14)44)60-62(51,52)54-3-12-18-21(58-18)30(57-12)45-9-42-15-24(33)36-6-39-27(15)45;;/h4-12,16-21,28-30,46-48H,1-3H2,(H,49,50)(H,51,52)(H2,31,34,37)(H2,32,35,38)(H2,33,36,39);;/t10-,11-,12-,16-,17-,18-,19-,20-,21-,28-,29-,30-;;/m1../s1. The number of rotatable bonds is 14. The van der Waals surface area contributed by atoms with Gasteiger partial charge in [0.15, 0.2) is 53.1 Å². The molecule has 2 unspecified atom stereocenters. The third-order valence-corrected chi connectivity index (χ3v) is 12.6. The molecule has 4 saturated heterocycles. The number of nitrogen functional groups attached to an aromatic ring is 3. The minimum atomic E-state index is -5.23. The first-order chi connectivity index (χ1) is 29.7. The van der Waals surface area contributed by atoms with Gasteiger partial charge < -0.3 is 61.3 Å². The average Bonchev–Trinajstić information content (AvgIpc) is 3.81. The van der Waals surface area contributed by atoms with E-state index in [2.05, 4.69) is 44.9 Å². The Hall–Kier alpha value is -3.01. The van der Waals surface area contributed by atoms with E-state index < -0.39 is 109 Å². The van der Waals surface area contributed by atoms with Gasteiger partial charge >= 0.3 is 15.6 Å². The molecule has 0 amide bonds. The molecule has 14 atom stereocenters. The van der Waals surface area contributed by atoms with Crippen molar-refractivity contribution < 1.29 is 71.3 Å². The molecule has 64 heavy (non-hydrogen) atoms. The molecule has 34 heteroatoms. The van der Waals surface area contributed by atoms with Crippen molar-refractivity contribution in [3.63, 3.8) is 0 Å². The van der Waals surface area contributed by atoms with Crippen LogP contribution in [-0.2, 0) is 46.2 Å². The third-order valence-electron chi connectivity index (χ3n) is 10.6. The number of aromatic nitrogens is 12. The van der Waals surface area contributed by atoms with Crippen molar-refractivity contribution in [2.45, 2.75) is 73.6 Å². The zero-order chi connectivity index (χ0) is 43.2. The van der Waals surface area contributed by atoms with Gasteiger partial charge in [0.2, 0.25) is 0 Å². The van der Waals surface area contributed by atoms with Gasteiger partial charge in [-0.15, -0.1) is 0 Å². The molecular weight excluding hydrogens is 918 g/mol. The second kappa shape index (κ2) is 18.2. The van der Waals surface area contributed by atoms with Crippen LogP contribution in [0.25, 0.3) is 33.5 Å². The monoisotopic (exact) mass is 953 g/mol. The molecule has 4 fully saturated rings. The number of phosphoric acid groups is 2. The van der Waals surface area contributed by atoms with Gasteiger partial charge in [0, 0.05) is 59.1 Å². The number of ether oxygens (including phenoxy) is 4. The number of nitrogens with zero attached hydrogens (tertiary/aromatic N) is 12. The summed E-state index contributed by atoms with van der Waals surface area (Å²) in [7, 11) is -10.3. The van der Waals surface area contributed by atoms with Crippen LogP contribution in [0, 0.1) is 0 Å². The fourth-order valence-electron chi connectivity index (χ4n) is 7.63. The Morgan fingerprint density at radius 2 is 0.953 bits per heavy atom. The quantitative estimate of drug-likeness (QED) is 0.0301. The maximum Gasteiger partial charge on any atom is 0.472 e. The molecule has 0 aliphatic carbocycles. The SMILES string of the molecule is Nc1ncnc2c1ncn2[C@@H]1O[C@H](CO)[C@@H](O)[C@H]1OP(=O)(O)OC[C@H]1O[C@@H](n2cnc3c(N)ncnc32)[C@H](OP(=O)(O)OC[C@H]2O[C@@H](n3cnc4c(N)ncnc43)[C@@H]3O[C@@H]32)[C@@H]1O.[Na].[Na]. The van der Waals surface area contributed by atoms with Gasteiger partial charge in [0.1, 0.15) is 90.5 Å². The number of anilines is 3. The third kappa shape index (κ3) is 8.59. The van der Waals surface area contributed by atoms with Crippen molar-refractivity contribution in [1.29, 1.82) is 0 Å². The number of aliphatic hydroxyl groups excluding tert-OH is 3. The van der Waals surface area contributed by atoms with Gasteiger partial charge in [-0.25, -0.2) is 54.0 Å². The summed E-state index contributed by atoms with van der Waals surface area (Å²) in [6.45, 7) is -2.13. The van der Waals surface area contributed by atoms with Gasteiger partial charge in [0.25, 0.3) is 0 Å². The fourth-order valence-corrected chi connectivity index (χ4v) is 9.49. The van der Waals surface area contributed by atoms with Gasteiger partial charge in [-0.2, -0.15) is 0 Å². The van der Waals surface area contributed by atoms with Crippen LogP contribution in [0.15, 0.2) is 38.0 Å². The van der Waals surface area contributed by atoms with Crippen LogP contribution >= 0.6 is 15.6 Å². The Bertz CT molecular complexity index is 2770. The fraction of sp³-hybridized carbons (Fsp3) is 0.500. The largest absolute Gasteiger partial charge is 0.472 e. The topological polar surface area (TPSA) is 421 Å². The molecule has 4 aliphatic rings. The summed E-state index contributed by atoms with van der Waals surface area (Å²) in [5.74, 6) is 0.159. The second-order valence-corrected chi connectivity index (χ2v) is 17.2. The molecule has 0 bridgehead atoms. The number of imidazole rings is 3. The molecule has 2 radical (unpaired) electrons. The molecule has 0 spiro atoms. The summed E-state index contributed by atoms with van der Waals surface area (Å²) >= 11 is 0. The molecule has 11 N–H and O–H groups in total. The van der Waals surface area contributed by atoms with Crippen LogP contribution in [0.2, 0.25) is 0 Å². The number of epoxide rings is 1. The number of fused-ring (bicyclic) bond motifs is 4. The van der Waals surface area contributed by atoms with Gasteiger partial charge in [-0.05, 0) is 0 Å². The van der Waals surface area contributed by atoms with E-state index >= 15 is 0 Å². The van der Waals surface area contributed by atoms with Crippen LogP contribution in [-0.4, -0.2) is 218 Å². The van der Waals surface area contributed by atoms with Crippen molar-refractivity contribution in [1.82, 2.24) is 58.6 Å². The molecule has 10 rings (SSSR count). The number of phosphoric ester groups is 2. The maximum absolute atomic E-state index is 13.6. The number of hydrogen-bond donors (Lipinski definition) is 8. The van der Waals surface area contributed by atoms with Crippen molar-refractivity contribution in [2.24, 2.45) is 0 Å². The molecule has 6 aromatic heterocycles. The summed E-state index contributed by atoms with van der Waals surface area (Å²) < 4.78 is 76.3. The van der Waals surface area contributed by atoms with Crippen molar-refractivity contribution >= 4 is 126 Å². The molecule has 10 heterocycles. The van der Waals surface area contributed by atoms with Crippen molar-refractivity contribution in [3.8, 4) is 0 Å². The summed E-state index contributed by atoms with van der Waals surface area (Å²) in [5.41, 5.74) is 19.0. The van der Waals surface area contributed by atoms with E-state index in [1.165, 1.54) is 34.4 Å². The summed E-state index contributed by atoms with van der Waals surface area (Å²) in [6, 6.07) is 0. The summed E-state index contributed by atoms with van der Waals surface area (Å²) in [4.78, 5) is 58.7. The van der Waals surface area contributed by atoms with Crippen molar-refractivity contribution in [3.05, 3.63) is 38.0 Å². The molecule has 6 aromatic rings. The van der Waals surface area contributed by atoms with Crippen LogP contribution in [0.1, 0.15) is 18.7 Å². The van der Waals surface area contributed by atoms with E-state index in [0.29, 0.717) is 11.2 Å². The summed E-state index contributed by atoms with van der Waals surface area (Å²) in [6.07, 6.45) is -7.93. The van der Waals surface area contributed by atoms with Gasteiger partial charge in [-0.1, -0.05) is 0 Å². The maximum atomic E-state index is 13.6. The summed E-state index contributed by atoms with van der Waals surface area (Å²) in [5, 5.41) is 32.4. The molecule has 30 nitrogen and oxygen atoms in total. The number of hydrogen-bond acceptors (Lipinski definition) is 25. The number of nitrogens with two attached hydrogens (primary N) is 3. The first-order valence-electron chi connectivity index (χ1n) is 18.4. The predicted molar refractivity (Wildman–Crippen MR) is 212 cm³/mol. The zero-order valence-corrected chi connectivity index (χ0v) is 39.1. The van der Waals surface area contributed by atoms with Crippen LogP contribution in [0.4, 0.5) is 17.5 Å². The first-order valence-corrected chi connectivity index (χ1v) is 21.4. The minimum absolute atomic E-state index is 0. The van der Waals surface area contributed by atoms with Crippen LogP contribution in [0.5, 0.6) is 0 Å². The minimum Gasteiger partial charge on any atom is -0.394 e. The van der Waals surface area contributed by atoms with E-state index in [1.807, 2.05) is 0 Å².